The molecule has 1 amide bonds. The number of ether oxygens (including phenoxy) is 1. The molecule has 2 heterocycles. The maximum Gasteiger partial charge on any atom is 0.262 e. The summed E-state index contributed by atoms with van der Waals surface area (Å²) in [5.74, 6) is -0.154. The van der Waals surface area contributed by atoms with Gasteiger partial charge in [0, 0.05) is 17.5 Å². The summed E-state index contributed by atoms with van der Waals surface area (Å²) in [6.45, 7) is 2.13. The van der Waals surface area contributed by atoms with Crippen molar-refractivity contribution in [1.82, 2.24) is 15.3 Å². The first-order valence-electron chi connectivity index (χ1n) is 10.7. The normalized spacial score (nSPS) is 11.1. The Bertz CT molecular complexity index is 1580. The highest BCUT2D eigenvalue weighted by Crippen LogP contribution is 2.32. The molecule has 190 valence electrons. The molecule has 0 bridgehead atoms. The fourth-order valence-corrected chi connectivity index (χ4v) is 4.81. The van der Waals surface area contributed by atoms with Crippen molar-refractivity contribution in [3.05, 3.63) is 105 Å². The van der Waals surface area contributed by atoms with Crippen molar-refractivity contribution < 1.29 is 17.9 Å². The molecule has 0 saturated heterocycles. The van der Waals surface area contributed by atoms with Gasteiger partial charge in [-0.25, -0.2) is 13.4 Å². The summed E-state index contributed by atoms with van der Waals surface area (Å²) in [5.41, 5.74) is 1.89. The molecule has 0 spiro atoms. The van der Waals surface area contributed by atoms with Crippen LogP contribution in [-0.2, 0) is 16.6 Å². The number of nitrogens with one attached hydrogen (secondary N) is 2. The Morgan fingerprint density at radius 2 is 1.76 bits per heavy atom. The van der Waals surface area contributed by atoms with Crippen LogP contribution in [0.3, 0.4) is 0 Å². The molecule has 0 saturated carbocycles. The van der Waals surface area contributed by atoms with Gasteiger partial charge >= 0.3 is 0 Å². The Balaban J connectivity index is 1.53. The van der Waals surface area contributed by atoms with Gasteiger partial charge in [-0.05, 0) is 61.5 Å². The van der Waals surface area contributed by atoms with Gasteiger partial charge in [-0.15, -0.1) is 0 Å². The van der Waals surface area contributed by atoms with Crippen LogP contribution in [0.4, 0.5) is 5.69 Å². The molecule has 0 unspecified atom stereocenters. The van der Waals surface area contributed by atoms with E-state index in [2.05, 4.69) is 20.0 Å². The Hall–Kier alpha value is -3.37. The number of carbonyl (C=O) groups excluding carboxylic acids is 1. The van der Waals surface area contributed by atoms with Gasteiger partial charge in [0.2, 0.25) is 5.88 Å². The number of amides is 1. The first kappa shape index (κ1) is 26.7. The van der Waals surface area contributed by atoms with E-state index < -0.39 is 10.0 Å². The number of aromatic nitrogens is 2. The highest BCUT2D eigenvalue weighted by atomic mass is 35.5. The minimum absolute atomic E-state index is 0.0149. The predicted molar refractivity (Wildman–Crippen MR) is 143 cm³/mol. The first-order chi connectivity index (χ1) is 17.6. The van der Waals surface area contributed by atoms with E-state index in [1.54, 1.807) is 18.2 Å². The summed E-state index contributed by atoms with van der Waals surface area (Å²) in [6, 6.07) is 17.2. The van der Waals surface area contributed by atoms with Gasteiger partial charge in [0.15, 0.2) is 0 Å². The second-order valence-electron chi connectivity index (χ2n) is 7.77. The van der Waals surface area contributed by atoms with Crippen molar-refractivity contribution in [2.24, 2.45) is 0 Å². The second kappa shape index (κ2) is 11.4. The summed E-state index contributed by atoms with van der Waals surface area (Å²) in [5, 5.41) is 3.28. The largest absolute Gasteiger partial charge is 0.437 e. The number of aryl methyl sites for hydroxylation is 1. The zero-order chi connectivity index (χ0) is 26.6. The Morgan fingerprint density at radius 3 is 2.51 bits per heavy atom. The van der Waals surface area contributed by atoms with E-state index in [1.807, 2.05) is 25.1 Å². The molecule has 2 aromatic carbocycles. The number of hydrogen-bond donors (Lipinski definition) is 2. The third kappa shape index (κ3) is 6.90. The molecule has 12 heteroatoms. The zero-order valence-electron chi connectivity index (χ0n) is 19.2. The Kier molecular flexibility index (Phi) is 8.19. The molecule has 2 aromatic heterocycles. The minimum atomic E-state index is -4.08. The van der Waals surface area contributed by atoms with Crippen molar-refractivity contribution >= 4 is 56.4 Å². The summed E-state index contributed by atoms with van der Waals surface area (Å²) in [7, 11) is -4.08. The smallest absolute Gasteiger partial charge is 0.262 e. The summed E-state index contributed by atoms with van der Waals surface area (Å²) in [4.78, 5) is 21.0. The summed E-state index contributed by atoms with van der Waals surface area (Å²) in [6.07, 6.45) is 1.30. The van der Waals surface area contributed by atoms with Crippen LogP contribution in [0.1, 0.15) is 21.7 Å². The SMILES string of the molecule is Cc1cccc(CNC(=O)c2cccc(Oc3ncc(Cl)cc3NS(=O)(=O)c3ccc(Cl)c(Cl)c3)c2)n1. The lowest BCUT2D eigenvalue weighted by molar-refractivity contribution is 0.0950. The van der Waals surface area contributed by atoms with E-state index >= 15 is 0 Å². The highest BCUT2D eigenvalue weighted by Gasteiger charge is 2.20. The number of nitrogens with zero attached hydrogens (tertiary/aromatic N) is 2. The third-order valence-electron chi connectivity index (χ3n) is 4.95. The van der Waals surface area contributed by atoms with E-state index in [1.165, 1.54) is 36.5 Å². The van der Waals surface area contributed by atoms with Crippen molar-refractivity contribution in [2.75, 3.05) is 4.72 Å². The second-order valence-corrected chi connectivity index (χ2v) is 10.7. The Labute approximate surface area is 228 Å². The lowest BCUT2D eigenvalue weighted by Crippen LogP contribution is -2.23. The van der Waals surface area contributed by atoms with Crippen LogP contribution in [0, 0.1) is 6.92 Å². The van der Waals surface area contributed by atoms with E-state index in [0.717, 1.165) is 11.4 Å². The van der Waals surface area contributed by atoms with E-state index in [-0.39, 0.29) is 49.7 Å². The van der Waals surface area contributed by atoms with Crippen LogP contribution in [0.2, 0.25) is 15.1 Å². The lowest BCUT2D eigenvalue weighted by atomic mass is 10.2. The lowest BCUT2D eigenvalue weighted by Gasteiger charge is -2.14. The monoisotopic (exact) mass is 576 g/mol. The van der Waals surface area contributed by atoms with Crippen LogP contribution >= 0.6 is 34.8 Å². The topological polar surface area (TPSA) is 110 Å². The molecule has 8 nitrogen and oxygen atoms in total. The van der Waals surface area contributed by atoms with Gasteiger partial charge in [0.05, 0.1) is 32.2 Å². The molecule has 2 N–H and O–H groups in total. The van der Waals surface area contributed by atoms with Gasteiger partial charge in [-0.1, -0.05) is 46.9 Å². The standard InChI is InChI=1S/C25H19Cl3N4O4S/c1-15-4-2-6-18(31-15)14-29-24(33)16-5-3-7-19(10-16)36-25-23(11-17(26)13-30-25)32-37(34,35)20-8-9-21(27)22(28)12-20/h2-13,32H,14H2,1H3,(H,29,33). The average molecular weight is 578 g/mol. The number of carbonyl (C=O) groups is 1. The molecule has 4 rings (SSSR count). The number of pyridine rings is 2. The van der Waals surface area contributed by atoms with E-state index in [0.29, 0.717) is 5.56 Å². The number of rotatable bonds is 8. The average Bonchev–Trinajstić information content (AvgIpc) is 2.86. The van der Waals surface area contributed by atoms with Crippen LogP contribution in [0.25, 0.3) is 0 Å². The van der Waals surface area contributed by atoms with Gasteiger partial charge in [-0.3, -0.25) is 14.5 Å². The molecule has 4 aromatic rings. The van der Waals surface area contributed by atoms with Gasteiger partial charge in [-0.2, -0.15) is 0 Å². The molecule has 0 fully saturated rings. The number of benzene rings is 2. The van der Waals surface area contributed by atoms with Gasteiger partial charge in [0.25, 0.3) is 15.9 Å². The van der Waals surface area contributed by atoms with Crippen molar-refractivity contribution in [2.45, 2.75) is 18.4 Å². The molecule has 0 atom stereocenters. The number of sulfonamides is 1. The van der Waals surface area contributed by atoms with E-state index in [9.17, 15) is 13.2 Å². The minimum Gasteiger partial charge on any atom is -0.437 e. The van der Waals surface area contributed by atoms with Gasteiger partial charge < -0.3 is 10.1 Å². The molecular formula is C25H19Cl3N4O4S. The summed E-state index contributed by atoms with van der Waals surface area (Å²) >= 11 is 17.9. The molecule has 0 aliphatic rings. The van der Waals surface area contributed by atoms with Crippen molar-refractivity contribution in [3.8, 4) is 11.6 Å². The quantitative estimate of drug-likeness (QED) is 0.255. The van der Waals surface area contributed by atoms with Gasteiger partial charge in [0.1, 0.15) is 11.4 Å². The van der Waals surface area contributed by atoms with Crippen LogP contribution in [0.15, 0.2) is 77.8 Å². The molecular weight excluding hydrogens is 559 g/mol. The fourth-order valence-electron chi connectivity index (χ4n) is 3.21. The van der Waals surface area contributed by atoms with Crippen molar-refractivity contribution in [1.29, 1.82) is 0 Å². The first-order valence-corrected chi connectivity index (χ1v) is 13.3. The zero-order valence-corrected chi connectivity index (χ0v) is 22.3. The molecule has 0 aliphatic heterocycles. The maximum atomic E-state index is 12.9. The predicted octanol–water partition coefficient (Wildman–Crippen LogP) is 6.27. The summed E-state index contributed by atoms with van der Waals surface area (Å²) < 4.78 is 34.1. The van der Waals surface area contributed by atoms with Crippen LogP contribution in [0.5, 0.6) is 11.6 Å². The molecule has 0 radical (unpaired) electrons. The number of hydrogen-bond acceptors (Lipinski definition) is 6. The molecule has 37 heavy (non-hydrogen) atoms. The maximum absolute atomic E-state index is 12.9. The van der Waals surface area contributed by atoms with E-state index in [4.69, 9.17) is 39.5 Å². The van der Waals surface area contributed by atoms with Crippen LogP contribution in [-0.4, -0.2) is 24.3 Å². The van der Waals surface area contributed by atoms with Crippen LogP contribution < -0.4 is 14.8 Å². The molecule has 0 aliphatic carbocycles. The fraction of sp³-hybridized carbons (Fsp3) is 0.0800. The third-order valence-corrected chi connectivity index (χ3v) is 7.26. The Morgan fingerprint density at radius 1 is 0.973 bits per heavy atom. The van der Waals surface area contributed by atoms with Crippen molar-refractivity contribution in [3.63, 3.8) is 0 Å². The number of halogens is 3. The highest BCUT2D eigenvalue weighted by molar-refractivity contribution is 7.92. The number of anilines is 1.